The quantitative estimate of drug-likeness (QED) is 0.0719. The van der Waals surface area contributed by atoms with E-state index in [1.165, 1.54) is 24.8 Å². The standard InChI is InChI=1S/C28H26Cl2N6O2.C24H30B2Cl2O4.C22H12Cl2N4O2/c29-27-21(3-1-5-23(27)25-9-31-17(7-33-25)11-35-13-19(37)14-35)22-4-2-6-24(28(22)30)26-10-32-18(8-34-26)12-36-15-20(38)16-36;1-21(2)22(3,4)30-25(29-21)17-13-9-11-15(19(17)27)16-12-10-14-18(20(16)28)26-31-23(5,6)24(7,8)32-26;23-21-15(3-1-5-17(21)19-9-25-13(11-29)7-27-19)16-4-2-6-18(22(16)24)20-10-26-14(12-30)8-28-20/h1-10,19-20,37-38H,11-16H2;9-14H,1-8H3;1-12H. The molecule has 2 N–H and O–H groups in total. The summed E-state index contributed by atoms with van der Waals surface area (Å²) in [7, 11) is -1.12. The molecule has 4 saturated heterocycles. The van der Waals surface area contributed by atoms with E-state index in [1.54, 1.807) is 24.8 Å². The number of carbonyl (C=O) groups excluding carboxylic acids is 2. The molecule has 4 aliphatic rings. The Morgan fingerprint density at radius 3 is 0.860 bits per heavy atom. The summed E-state index contributed by atoms with van der Waals surface area (Å²) in [4.78, 5) is 60.8. The number of aldehydes is 2. The Hall–Kier alpha value is -7.47. The van der Waals surface area contributed by atoms with Gasteiger partial charge in [0.15, 0.2) is 12.6 Å². The van der Waals surface area contributed by atoms with Crippen molar-refractivity contribution in [1.29, 1.82) is 0 Å². The molecule has 0 spiro atoms. The monoisotopic (exact) mass is 1460 g/mol. The molecule has 0 saturated carbocycles. The SMILES string of the molecule is CC1(C)OB(c2cccc(-c3cccc(B4OC(C)(C)C(C)(C)O4)c3Cl)c2Cl)OC1(C)C.O=Cc1cnc(-c2cccc(-c3cccc(-c4cnc(C=O)cn4)c3Cl)c2Cl)cn1.OC1CN(Cc2cnc(-c3cccc(-c4cccc(-c5cnc(CN6CC(O)C6)cn5)c4Cl)c3Cl)cn2)C1. The number of benzene rings is 6. The Kier molecular flexibility index (Phi) is 21.6. The summed E-state index contributed by atoms with van der Waals surface area (Å²) in [6, 6.07) is 34.2. The molecule has 0 aliphatic carbocycles. The molecule has 510 valence electrons. The number of likely N-dealkylation sites (tertiary alicyclic amines) is 2. The van der Waals surface area contributed by atoms with Gasteiger partial charge in [-0.15, -0.1) is 0 Å². The molecule has 18 nitrogen and oxygen atoms in total. The van der Waals surface area contributed by atoms with Crippen LogP contribution >= 0.6 is 69.6 Å². The molecule has 0 amide bonds. The van der Waals surface area contributed by atoms with Crippen molar-refractivity contribution in [1.82, 2.24) is 49.7 Å². The first-order chi connectivity index (χ1) is 47.7. The van der Waals surface area contributed by atoms with E-state index in [0.717, 1.165) is 55.7 Å². The first-order valence-corrected chi connectivity index (χ1v) is 34.4. The second-order valence-electron chi connectivity index (χ2n) is 26.6. The predicted molar refractivity (Wildman–Crippen MR) is 395 cm³/mol. The lowest BCUT2D eigenvalue weighted by molar-refractivity contribution is -0.00381. The Morgan fingerprint density at radius 2 is 0.620 bits per heavy atom. The highest BCUT2D eigenvalue weighted by atomic mass is 35.5. The fourth-order valence-electron chi connectivity index (χ4n) is 11.6. The van der Waals surface area contributed by atoms with Gasteiger partial charge in [-0.05, 0) is 55.4 Å². The number of hydrogen-bond donors (Lipinski definition) is 2. The maximum Gasteiger partial charge on any atom is 0.496 e. The van der Waals surface area contributed by atoms with E-state index >= 15 is 0 Å². The molecule has 14 rings (SSSR count). The smallest absolute Gasteiger partial charge is 0.399 e. The number of β-amino-alcohol motifs (C(OH)–C–C–N with tert-alkyl or cyclic N) is 2. The van der Waals surface area contributed by atoms with Crippen molar-refractivity contribution in [2.45, 2.75) is 103 Å². The maximum atomic E-state index is 10.8. The van der Waals surface area contributed by atoms with Crippen molar-refractivity contribution in [3.63, 3.8) is 0 Å². The zero-order valence-corrected chi connectivity index (χ0v) is 60.3. The van der Waals surface area contributed by atoms with Crippen LogP contribution < -0.4 is 10.9 Å². The highest BCUT2D eigenvalue weighted by Crippen LogP contribution is 2.45. The summed E-state index contributed by atoms with van der Waals surface area (Å²) in [5.41, 5.74) is 11.8. The molecule has 100 heavy (non-hydrogen) atoms. The lowest BCUT2D eigenvalue weighted by atomic mass is 9.76. The van der Waals surface area contributed by atoms with Gasteiger partial charge >= 0.3 is 14.2 Å². The van der Waals surface area contributed by atoms with Crippen molar-refractivity contribution in [3.8, 4) is 78.4 Å². The summed E-state index contributed by atoms with van der Waals surface area (Å²) < 4.78 is 24.9. The third kappa shape index (κ3) is 15.2. The zero-order valence-electron chi connectivity index (χ0n) is 55.8. The lowest BCUT2D eigenvalue weighted by Gasteiger charge is -2.35. The van der Waals surface area contributed by atoms with Crippen molar-refractivity contribution < 1.29 is 38.4 Å². The summed E-state index contributed by atoms with van der Waals surface area (Å²) in [5.74, 6) is 0. The van der Waals surface area contributed by atoms with Gasteiger partial charge in [0, 0.05) is 116 Å². The van der Waals surface area contributed by atoms with Gasteiger partial charge in [0.25, 0.3) is 0 Å². The highest BCUT2D eigenvalue weighted by molar-refractivity contribution is 6.67. The number of halogens is 6. The van der Waals surface area contributed by atoms with Crippen LogP contribution in [0.3, 0.4) is 0 Å². The molecule has 4 fully saturated rings. The van der Waals surface area contributed by atoms with Crippen LogP contribution in [0.5, 0.6) is 0 Å². The first-order valence-electron chi connectivity index (χ1n) is 32.2. The minimum atomic E-state index is -0.558. The van der Waals surface area contributed by atoms with E-state index in [-0.39, 0.29) is 23.6 Å². The second kappa shape index (κ2) is 29.8. The molecule has 0 atom stereocenters. The molecule has 10 aromatic rings. The second-order valence-corrected chi connectivity index (χ2v) is 28.9. The normalized spacial score (nSPS) is 17.0. The summed E-state index contributed by atoms with van der Waals surface area (Å²) >= 11 is 41.0. The molecule has 6 aromatic carbocycles. The van der Waals surface area contributed by atoms with Gasteiger partial charge in [-0.1, -0.05) is 179 Å². The predicted octanol–water partition coefficient (Wildman–Crippen LogP) is 14.4. The zero-order chi connectivity index (χ0) is 71.0. The van der Waals surface area contributed by atoms with Gasteiger partial charge in [0.1, 0.15) is 11.4 Å². The molecule has 8 heterocycles. The average Bonchev–Trinajstić information content (AvgIpc) is 1.56. The summed E-state index contributed by atoms with van der Waals surface area (Å²) in [6.07, 6.45) is 13.5. The first kappa shape index (κ1) is 72.3. The number of nitrogens with zero attached hydrogens (tertiary/aromatic N) is 10. The molecule has 0 bridgehead atoms. The van der Waals surface area contributed by atoms with Gasteiger partial charge in [-0.25, -0.2) is 9.97 Å². The Labute approximate surface area is 610 Å². The number of hydrogen-bond acceptors (Lipinski definition) is 18. The van der Waals surface area contributed by atoms with Crippen LogP contribution in [0.25, 0.3) is 78.4 Å². The van der Waals surface area contributed by atoms with Crippen LogP contribution in [0.4, 0.5) is 0 Å². The van der Waals surface area contributed by atoms with Gasteiger partial charge in [0.2, 0.25) is 0 Å². The van der Waals surface area contributed by atoms with Crippen molar-refractivity contribution in [3.05, 3.63) is 212 Å². The third-order valence-corrected chi connectivity index (χ3v) is 21.2. The highest BCUT2D eigenvalue weighted by Gasteiger charge is 2.54. The largest absolute Gasteiger partial charge is 0.496 e. The van der Waals surface area contributed by atoms with Gasteiger partial charge in [0.05, 0.1) is 138 Å². The average molecular weight is 1460 g/mol. The van der Waals surface area contributed by atoms with E-state index in [2.05, 4.69) is 49.7 Å². The van der Waals surface area contributed by atoms with Crippen LogP contribution in [-0.2, 0) is 31.7 Å². The Morgan fingerprint density at radius 1 is 0.370 bits per heavy atom. The summed E-state index contributed by atoms with van der Waals surface area (Å²) in [5, 5.41) is 22.1. The van der Waals surface area contributed by atoms with Crippen LogP contribution in [0.1, 0.15) is 87.8 Å². The lowest BCUT2D eigenvalue weighted by Crippen LogP contribution is -2.49. The molecular weight excluding hydrogens is 1390 g/mol. The van der Waals surface area contributed by atoms with Crippen molar-refractivity contribution in [2.24, 2.45) is 0 Å². The van der Waals surface area contributed by atoms with Crippen LogP contribution in [0.2, 0.25) is 30.1 Å². The number of aliphatic hydroxyl groups is 2. The van der Waals surface area contributed by atoms with E-state index in [4.69, 9.17) is 88.2 Å². The van der Waals surface area contributed by atoms with E-state index < -0.39 is 36.6 Å². The molecule has 0 radical (unpaired) electrons. The van der Waals surface area contributed by atoms with Crippen LogP contribution in [-0.4, -0.2) is 147 Å². The maximum absolute atomic E-state index is 10.8. The van der Waals surface area contributed by atoms with E-state index in [9.17, 15) is 19.8 Å². The third-order valence-electron chi connectivity index (χ3n) is 18.7. The molecular formula is C74H68B2Cl6N10O8. The van der Waals surface area contributed by atoms with Crippen molar-refractivity contribution in [2.75, 3.05) is 26.2 Å². The Balaban J connectivity index is 0.000000143. The van der Waals surface area contributed by atoms with Gasteiger partial charge in [-0.2, -0.15) is 0 Å². The number of aromatic nitrogens is 8. The molecule has 26 heteroatoms. The topological polar surface area (TPSA) is 221 Å². The van der Waals surface area contributed by atoms with E-state index in [1.807, 2.05) is 165 Å². The number of rotatable bonds is 15. The Bertz CT molecular complexity index is 4340. The molecule has 0 unspecified atom stereocenters. The molecule has 4 aromatic heterocycles. The van der Waals surface area contributed by atoms with Gasteiger partial charge < -0.3 is 28.8 Å². The fraction of sp³-hybridized carbons (Fsp3) is 0.270. The minimum absolute atomic E-state index is 0.239. The number of carbonyl (C=O) groups is 2. The van der Waals surface area contributed by atoms with Crippen LogP contribution in [0, 0.1) is 0 Å². The molecule has 4 aliphatic heterocycles. The number of aliphatic hydroxyl groups excluding tert-OH is 2. The minimum Gasteiger partial charge on any atom is -0.399 e. The summed E-state index contributed by atoms with van der Waals surface area (Å²) in [6.45, 7) is 20.2. The van der Waals surface area contributed by atoms with Crippen molar-refractivity contribution >= 4 is 107 Å². The van der Waals surface area contributed by atoms with Crippen LogP contribution in [0.15, 0.2) is 159 Å². The van der Waals surface area contributed by atoms with E-state index in [0.29, 0.717) is 127 Å². The van der Waals surface area contributed by atoms with Gasteiger partial charge in [-0.3, -0.25) is 49.3 Å². The fourth-order valence-corrected chi connectivity index (χ4v) is 13.5.